The maximum atomic E-state index is 11.9. The molecule has 0 bridgehead atoms. The predicted molar refractivity (Wildman–Crippen MR) is 79.0 cm³/mol. The number of hydrogen-bond acceptors (Lipinski definition) is 3. The Balaban J connectivity index is 1.74. The maximum Gasteiger partial charge on any atom is 0.220 e. The zero-order valence-electron chi connectivity index (χ0n) is 11.8. The summed E-state index contributed by atoms with van der Waals surface area (Å²) in [6.45, 7) is 2.56. The van der Waals surface area contributed by atoms with Crippen molar-refractivity contribution in [3.8, 4) is 0 Å². The molecule has 1 saturated heterocycles. The summed E-state index contributed by atoms with van der Waals surface area (Å²) in [5, 5.41) is 2.90. The van der Waals surface area contributed by atoms with Gasteiger partial charge in [0.15, 0.2) is 0 Å². The molecule has 1 aliphatic heterocycles. The minimum atomic E-state index is -2.84. The minimum absolute atomic E-state index is 0.00914. The highest BCUT2D eigenvalue weighted by atomic mass is 32.2. The minimum Gasteiger partial charge on any atom is -0.352 e. The molecule has 110 valence electrons. The summed E-state index contributed by atoms with van der Waals surface area (Å²) in [6, 6.07) is 8.05. The van der Waals surface area contributed by atoms with Gasteiger partial charge in [0.25, 0.3) is 0 Å². The third kappa shape index (κ3) is 4.63. The zero-order valence-corrected chi connectivity index (χ0v) is 12.6. The molecule has 1 fully saturated rings. The number of carbonyl (C=O) groups is 1. The second-order valence-corrected chi connectivity index (χ2v) is 7.87. The molecule has 0 aromatic heterocycles. The van der Waals surface area contributed by atoms with Crippen LogP contribution in [0.4, 0.5) is 0 Å². The molecule has 1 heterocycles. The van der Waals surface area contributed by atoms with Gasteiger partial charge in [0.1, 0.15) is 9.84 Å². The Kier molecular flexibility index (Phi) is 4.81. The molecule has 0 aliphatic carbocycles. The van der Waals surface area contributed by atoms with Crippen molar-refractivity contribution in [1.29, 1.82) is 0 Å². The van der Waals surface area contributed by atoms with Gasteiger partial charge in [-0.05, 0) is 31.2 Å². The molecule has 1 amide bonds. The molecule has 1 N–H and O–H groups in total. The van der Waals surface area contributed by atoms with Gasteiger partial charge in [-0.2, -0.15) is 0 Å². The van der Waals surface area contributed by atoms with Crippen LogP contribution in [0.2, 0.25) is 0 Å². The molecule has 0 saturated carbocycles. The van der Waals surface area contributed by atoms with Crippen LogP contribution in [0.3, 0.4) is 0 Å². The molecule has 0 atom stereocenters. The van der Waals surface area contributed by atoms with E-state index in [-0.39, 0.29) is 23.3 Å². The summed E-state index contributed by atoms with van der Waals surface area (Å²) in [7, 11) is -2.84. The first kappa shape index (κ1) is 15.0. The molecular formula is C15H21NO3S. The predicted octanol–water partition coefficient (Wildman–Crippen LogP) is 1.83. The van der Waals surface area contributed by atoms with E-state index in [1.54, 1.807) is 0 Å². The van der Waals surface area contributed by atoms with Crippen LogP contribution in [0, 0.1) is 12.8 Å². The van der Waals surface area contributed by atoms with Crippen molar-refractivity contribution >= 4 is 15.7 Å². The third-order valence-corrected chi connectivity index (χ3v) is 5.47. The molecule has 5 heteroatoms. The SMILES string of the molecule is Cc1ccc(CNC(=O)CC2CCS(=O)(=O)CC2)cc1. The summed E-state index contributed by atoms with van der Waals surface area (Å²) < 4.78 is 22.6. The molecule has 1 aliphatic rings. The van der Waals surface area contributed by atoms with Crippen molar-refractivity contribution in [2.24, 2.45) is 5.92 Å². The van der Waals surface area contributed by atoms with Crippen molar-refractivity contribution in [1.82, 2.24) is 5.32 Å². The first-order chi connectivity index (χ1) is 9.44. The van der Waals surface area contributed by atoms with Crippen LogP contribution in [0.1, 0.15) is 30.4 Å². The van der Waals surface area contributed by atoms with Crippen molar-refractivity contribution < 1.29 is 13.2 Å². The molecule has 0 radical (unpaired) electrons. The molecule has 2 rings (SSSR count). The summed E-state index contributed by atoms with van der Waals surface area (Å²) in [6.07, 6.45) is 1.65. The topological polar surface area (TPSA) is 63.2 Å². The molecule has 0 unspecified atom stereocenters. The highest BCUT2D eigenvalue weighted by Gasteiger charge is 2.25. The Hall–Kier alpha value is -1.36. The van der Waals surface area contributed by atoms with Crippen molar-refractivity contribution in [2.75, 3.05) is 11.5 Å². The zero-order chi connectivity index (χ0) is 14.6. The van der Waals surface area contributed by atoms with Crippen LogP contribution in [-0.4, -0.2) is 25.8 Å². The molecule has 4 nitrogen and oxygen atoms in total. The van der Waals surface area contributed by atoms with Gasteiger partial charge in [0, 0.05) is 13.0 Å². The number of nitrogens with one attached hydrogen (secondary N) is 1. The van der Waals surface area contributed by atoms with Crippen molar-refractivity contribution in [3.05, 3.63) is 35.4 Å². The van der Waals surface area contributed by atoms with E-state index in [0.29, 0.717) is 25.8 Å². The number of rotatable bonds is 4. The Labute approximate surface area is 120 Å². The molecule has 20 heavy (non-hydrogen) atoms. The Morgan fingerprint density at radius 2 is 1.80 bits per heavy atom. The monoisotopic (exact) mass is 295 g/mol. The lowest BCUT2D eigenvalue weighted by molar-refractivity contribution is -0.122. The third-order valence-electron chi connectivity index (χ3n) is 3.76. The van der Waals surface area contributed by atoms with Gasteiger partial charge < -0.3 is 5.32 Å². The van der Waals surface area contributed by atoms with E-state index in [0.717, 1.165) is 5.56 Å². The summed E-state index contributed by atoms with van der Waals surface area (Å²) >= 11 is 0. The fourth-order valence-electron chi connectivity index (χ4n) is 2.38. The first-order valence-electron chi connectivity index (χ1n) is 6.97. The number of aryl methyl sites for hydroxylation is 1. The number of amides is 1. The van der Waals surface area contributed by atoms with E-state index in [4.69, 9.17) is 0 Å². The van der Waals surface area contributed by atoms with Gasteiger partial charge in [-0.1, -0.05) is 29.8 Å². The fraction of sp³-hybridized carbons (Fsp3) is 0.533. The van der Waals surface area contributed by atoms with Gasteiger partial charge in [-0.3, -0.25) is 4.79 Å². The van der Waals surface area contributed by atoms with E-state index in [1.807, 2.05) is 31.2 Å². The van der Waals surface area contributed by atoms with Crippen LogP contribution in [0.15, 0.2) is 24.3 Å². The lowest BCUT2D eigenvalue weighted by Crippen LogP contribution is -2.29. The van der Waals surface area contributed by atoms with Crippen LogP contribution in [0.5, 0.6) is 0 Å². The lowest BCUT2D eigenvalue weighted by atomic mass is 9.98. The Morgan fingerprint density at radius 3 is 2.40 bits per heavy atom. The average molecular weight is 295 g/mol. The molecular weight excluding hydrogens is 274 g/mol. The van der Waals surface area contributed by atoms with Gasteiger partial charge in [-0.15, -0.1) is 0 Å². The standard InChI is InChI=1S/C15H21NO3S/c1-12-2-4-14(5-3-12)11-16-15(17)10-13-6-8-20(18,19)9-7-13/h2-5,13H,6-11H2,1H3,(H,16,17). The number of benzene rings is 1. The largest absolute Gasteiger partial charge is 0.352 e. The smallest absolute Gasteiger partial charge is 0.220 e. The van der Waals surface area contributed by atoms with Gasteiger partial charge in [-0.25, -0.2) is 8.42 Å². The van der Waals surface area contributed by atoms with Crippen LogP contribution in [-0.2, 0) is 21.2 Å². The summed E-state index contributed by atoms with van der Waals surface area (Å²) in [5.41, 5.74) is 2.28. The molecule has 1 aromatic rings. The van der Waals surface area contributed by atoms with Crippen LogP contribution in [0.25, 0.3) is 0 Å². The maximum absolute atomic E-state index is 11.9. The highest BCUT2D eigenvalue weighted by Crippen LogP contribution is 2.21. The van der Waals surface area contributed by atoms with Crippen LogP contribution < -0.4 is 5.32 Å². The average Bonchev–Trinajstić information content (AvgIpc) is 2.41. The van der Waals surface area contributed by atoms with Crippen LogP contribution >= 0.6 is 0 Å². The highest BCUT2D eigenvalue weighted by molar-refractivity contribution is 7.91. The summed E-state index contributed by atoms with van der Waals surface area (Å²) in [5.74, 6) is 0.664. The molecule has 0 spiro atoms. The first-order valence-corrected chi connectivity index (χ1v) is 8.79. The number of carbonyl (C=O) groups excluding carboxylic acids is 1. The Morgan fingerprint density at radius 1 is 1.20 bits per heavy atom. The van der Waals surface area contributed by atoms with E-state index in [2.05, 4.69) is 5.32 Å². The normalized spacial score (nSPS) is 18.6. The Bertz CT molecular complexity index is 549. The fourth-order valence-corrected chi connectivity index (χ4v) is 3.97. The molecule has 1 aromatic carbocycles. The van der Waals surface area contributed by atoms with Crippen molar-refractivity contribution in [2.45, 2.75) is 32.7 Å². The lowest BCUT2D eigenvalue weighted by Gasteiger charge is -2.21. The van der Waals surface area contributed by atoms with E-state index in [1.165, 1.54) is 5.56 Å². The number of sulfone groups is 1. The van der Waals surface area contributed by atoms with Gasteiger partial charge >= 0.3 is 0 Å². The van der Waals surface area contributed by atoms with Gasteiger partial charge in [0.05, 0.1) is 11.5 Å². The quantitative estimate of drug-likeness (QED) is 0.921. The van der Waals surface area contributed by atoms with Crippen molar-refractivity contribution in [3.63, 3.8) is 0 Å². The second kappa shape index (κ2) is 6.39. The van der Waals surface area contributed by atoms with Gasteiger partial charge in [0.2, 0.25) is 5.91 Å². The number of hydrogen-bond donors (Lipinski definition) is 1. The van der Waals surface area contributed by atoms with E-state index < -0.39 is 9.84 Å². The van der Waals surface area contributed by atoms with E-state index in [9.17, 15) is 13.2 Å². The summed E-state index contributed by atoms with van der Waals surface area (Å²) in [4.78, 5) is 11.9. The van der Waals surface area contributed by atoms with E-state index >= 15 is 0 Å². The second-order valence-electron chi connectivity index (χ2n) is 5.56.